The molecule has 1 aromatic carbocycles. The number of benzene rings is 1. The average molecular weight is 300 g/mol. The highest BCUT2D eigenvalue weighted by Crippen LogP contribution is 2.47. The summed E-state index contributed by atoms with van der Waals surface area (Å²) in [5, 5.41) is 4.88. The predicted octanol–water partition coefficient (Wildman–Crippen LogP) is 4.64. The molecule has 0 spiro atoms. The van der Waals surface area contributed by atoms with E-state index in [1.807, 2.05) is 23.1 Å². The molecule has 3 heterocycles. The standard InChI is InChI=1S/C16H16N2S2/c1-10(2)15-14(18-8-7-17-16(18)20-15)12-9-19-13-6-4-3-5-11(12)13/h3-6,9-10H,7-8H2,1-2H3. The molecule has 102 valence electrons. The van der Waals surface area contributed by atoms with E-state index in [0.717, 1.165) is 13.1 Å². The van der Waals surface area contributed by atoms with Gasteiger partial charge in [-0.2, -0.15) is 0 Å². The molecule has 2 aromatic rings. The quantitative estimate of drug-likeness (QED) is 0.802. The molecule has 20 heavy (non-hydrogen) atoms. The Bertz CT molecular complexity index is 740. The summed E-state index contributed by atoms with van der Waals surface area (Å²) in [5.74, 6) is 0.543. The van der Waals surface area contributed by atoms with Crippen molar-refractivity contribution in [2.45, 2.75) is 13.8 Å². The van der Waals surface area contributed by atoms with Gasteiger partial charge in [0.25, 0.3) is 0 Å². The minimum atomic E-state index is 0.543. The molecule has 0 saturated heterocycles. The van der Waals surface area contributed by atoms with Gasteiger partial charge < -0.3 is 4.90 Å². The van der Waals surface area contributed by atoms with Crippen LogP contribution in [0.2, 0.25) is 0 Å². The minimum Gasteiger partial charge on any atom is -0.318 e. The summed E-state index contributed by atoms with van der Waals surface area (Å²) in [4.78, 5) is 8.51. The molecule has 0 radical (unpaired) electrons. The molecule has 2 nitrogen and oxygen atoms in total. The third-order valence-electron chi connectivity index (χ3n) is 3.77. The van der Waals surface area contributed by atoms with E-state index in [0.29, 0.717) is 5.92 Å². The maximum Gasteiger partial charge on any atom is 0.168 e. The highest BCUT2D eigenvalue weighted by atomic mass is 32.2. The number of rotatable bonds is 2. The third kappa shape index (κ3) is 1.75. The number of hydrogen-bond acceptors (Lipinski definition) is 4. The molecule has 2 aliphatic heterocycles. The van der Waals surface area contributed by atoms with E-state index in [4.69, 9.17) is 0 Å². The average Bonchev–Trinajstić information content (AvgIpc) is 3.10. The molecule has 0 aliphatic carbocycles. The molecular formula is C16H16N2S2. The van der Waals surface area contributed by atoms with Gasteiger partial charge in [-0.15, -0.1) is 11.3 Å². The second kappa shape index (κ2) is 4.64. The summed E-state index contributed by atoms with van der Waals surface area (Å²) < 4.78 is 1.37. The van der Waals surface area contributed by atoms with E-state index in [2.05, 4.69) is 53.4 Å². The number of nitrogens with zero attached hydrogens (tertiary/aromatic N) is 2. The first-order valence-electron chi connectivity index (χ1n) is 6.96. The fourth-order valence-electron chi connectivity index (χ4n) is 2.83. The van der Waals surface area contributed by atoms with Gasteiger partial charge in [0.15, 0.2) is 5.17 Å². The lowest BCUT2D eigenvalue weighted by atomic mass is 10.1. The fourth-order valence-corrected chi connectivity index (χ4v) is 4.98. The molecule has 0 fully saturated rings. The van der Waals surface area contributed by atoms with Crippen LogP contribution in [0.1, 0.15) is 19.4 Å². The summed E-state index contributed by atoms with van der Waals surface area (Å²) >= 11 is 3.70. The van der Waals surface area contributed by atoms with Crippen LogP contribution in [-0.2, 0) is 0 Å². The Morgan fingerprint density at radius 1 is 1.25 bits per heavy atom. The smallest absolute Gasteiger partial charge is 0.168 e. The zero-order chi connectivity index (χ0) is 13.7. The molecule has 0 bridgehead atoms. The Labute approximate surface area is 127 Å². The van der Waals surface area contributed by atoms with Crippen molar-refractivity contribution in [1.82, 2.24) is 4.90 Å². The van der Waals surface area contributed by atoms with Gasteiger partial charge in [0.1, 0.15) is 0 Å². The Morgan fingerprint density at radius 3 is 2.95 bits per heavy atom. The number of hydrogen-bond donors (Lipinski definition) is 0. The van der Waals surface area contributed by atoms with Gasteiger partial charge in [0.05, 0.1) is 12.2 Å². The summed E-state index contributed by atoms with van der Waals surface area (Å²) in [6.45, 7) is 6.51. The molecular weight excluding hydrogens is 284 g/mol. The molecule has 2 aliphatic rings. The molecule has 4 heteroatoms. The maximum absolute atomic E-state index is 4.64. The van der Waals surface area contributed by atoms with E-state index in [1.165, 1.54) is 31.4 Å². The summed E-state index contributed by atoms with van der Waals surface area (Å²) in [6, 6.07) is 8.70. The van der Waals surface area contributed by atoms with Crippen molar-refractivity contribution in [3.8, 4) is 0 Å². The molecule has 1 aromatic heterocycles. The van der Waals surface area contributed by atoms with Gasteiger partial charge in [-0.3, -0.25) is 4.99 Å². The van der Waals surface area contributed by atoms with Gasteiger partial charge in [-0.1, -0.05) is 43.8 Å². The summed E-state index contributed by atoms with van der Waals surface area (Å²) in [6.07, 6.45) is 0. The van der Waals surface area contributed by atoms with Gasteiger partial charge in [0.2, 0.25) is 0 Å². The van der Waals surface area contributed by atoms with Crippen LogP contribution in [0.4, 0.5) is 0 Å². The Hall–Kier alpha value is -1.26. The monoisotopic (exact) mass is 300 g/mol. The normalized spacial score (nSPS) is 18.4. The van der Waals surface area contributed by atoms with Crippen molar-refractivity contribution < 1.29 is 0 Å². The second-order valence-electron chi connectivity index (χ2n) is 5.43. The molecule has 0 unspecified atom stereocenters. The first-order valence-corrected chi connectivity index (χ1v) is 8.66. The van der Waals surface area contributed by atoms with Crippen LogP contribution in [0.3, 0.4) is 0 Å². The predicted molar refractivity (Wildman–Crippen MR) is 90.2 cm³/mol. The molecule has 0 atom stereocenters. The van der Waals surface area contributed by atoms with E-state index in [9.17, 15) is 0 Å². The van der Waals surface area contributed by atoms with Crippen LogP contribution in [0.5, 0.6) is 0 Å². The molecule has 4 rings (SSSR count). The first kappa shape index (κ1) is 12.5. The molecule has 0 N–H and O–H groups in total. The van der Waals surface area contributed by atoms with Crippen molar-refractivity contribution in [3.05, 3.63) is 40.1 Å². The number of aliphatic imine (C=N–C) groups is 1. The van der Waals surface area contributed by atoms with Crippen molar-refractivity contribution in [2.24, 2.45) is 10.9 Å². The van der Waals surface area contributed by atoms with Crippen LogP contribution in [0.25, 0.3) is 15.8 Å². The lowest BCUT2D eigenvalue weighted by Gasteiger charge is -2.17. The van der Waals surface area contributed by atoms with E-state index in [1.54, 1.807) is 0 Å². The van der Waals surface area contributed by atoms with Crippen LogP contribution in [0, 0.1) is 5.92 Å². The molecule has 0 saturated carbocycles. The van der Waals surface area contributed by atoms with Crippen molar-refractivity contribution >= 4 is 44.0 Å². The number of amidine groups is 1. The number of thiophene rings is 1. The van der Waals surface area contributed by atoms with E-state index < -0.39 is 0 Å². The SMILES string of the molecule is CC(C)C1=C(c2csc3ccccc23)N2CCN=C2S1. The van der Waals surface area contributed by atoms with E-state index >= 15 is 0 Å². The van der Waals surface area contributed by atoms with E-state index in [-0.39, 0.29) is 0 Å². The molecule has 0 amide bonds. The second-order valence-corrected chi connectivity index (χ2v) is 7.35. The topological polar surface area (TPSA) is 15.6 Å². The number of fused-ring (bicyclic) bond motifs is 2. The van der Waals surface area contributed by atoms with Crippen LogP contribution in [-0.4, -0.2) is 23.2 Å². The maximum atomic E-state index is 4.64. The lowest BCUT2D eigenvalue weighted by Crippen LogP contribution is -2.20. The number of allylic oxidation sites excluding steroid dienone is 1. The Kier molecular flexibility index (Phi) is 2.89. The van der Waals surface area contributed by atoms with Gasteiger partial charge >= 0.3 is 0 Å². The largest absolute Gasteiger partial charge is 0.318 e. The van der Waals surface area contributed by atoms with Crippen molar-refractivity contribution in [1.29, 1.82) is 0 Å². The third-order valence-corrected chi connectivity index (χ3v) is 6.15. The number of thioether (sulfide) groups is 1. The van der Waals surface area contributed by atoms with Crippen molar-refractivity contribution in [3.63, 3.8) is 0 Å². The van der Waals surface area contributed by atoms with Gasteiger partial charge in [0, 0.05) is 32.5 Å². The highest BCUT2D eigenvalue weighted by Gasteiger charge is 2.34. The Balaban J connectivity index is 1.94. The summed E-state index contributed by atoms with van der Waals surface area (Å²) in [7, 11) is 0. The fraction of sp³-hybridized carbons (Fsp3) is 0.312. The van der Waals surface area contributed by atoms with Crippen LogP contribution in [0.15, 0.2) is 39.5 Å². The highest BCUT2D eigenvalue weighted by molar-refractivity contribution is 8.17. The van der Waals surface area contributed by atoms with Crippen LogP contribution >= 0.6 is 23.1 Å². The van der Waals surface area contributed by atoms with Gasteiger partial charge in [-0.05, 0) is 12.0 Å². The first-order chi connectivity index (χ1) is 9.75. The van der Waals surface area contributed by atoms with Gasteiger partial charge in [-0.25, -0.2) is 0 Å². The zero-order valence-electron chi connectivity index (χ0n) is 11.6. The van der Waals surface area contributed by atoms with Crippen molar-refractivity contribution in [2.75, 3.05) is 13.1 Å². The zero-order valence-corrected chi connectivity index (χ0v) is 13.2. The minimum absolute atomic E-state index is 0.543. The lowest BCUT2D eigenvalue weighted by molar-refractivity contribution is 0.642. The summed E-state index contributed by atoms with van der Waals surface area (Å²) in [5.41, 5.74) is 2.78. The van der Waals surface area contributed by atoms with Crippen LogP contribution < -0.4 is 0 Å². The Morgan fingerprint density at radius 2 is 2.10 bits per heavy atom.